The highest BCUT2D eigenvalue weighted by molar-refractivity contribution is 5.95. The molecule has 16 aromatic rings. The maximum atomic E-state index is 4.99. The number of fused-ring (bicyclic) bond motifs is 6. The zero-order valence-electron chi connectivity index (χ0n) is 45.4. The minimum absolute atomic E-state index is 0.638. The molecule has 0 aliphatic heterocycles. The number of hydrogen-bond acceptors (Lipinski definition) is 7. The predicted octanol–water partition coefficient (Wildman–Crippen LogP) is 19.4. The van der Waals surface area contributed by atoms with Gasteiger partial charge in [0.15, 0.2) is 34.9 Å². The van der Waals surface area contributed by atoms with E-state index in [-0.39, 0.29) is 0 Å². The van der Waals surface area contributed by atoms with Crippen molar-refractivity contribution in [1.82, 2.24) is 34.9 Å². The quantitative estimate of drug-likeness (QED) is 0.150. The molecule has 0 atom stereocenters. The van der Waals surface area contributed by atoms with E-state index in [1.54, 1.807) is 0 Å². The second-order valence-corrected chi connectivity index (χ2v) is 21.0. The average Bonchev–Trinajstić information content (AvgIpc) is 3.76. The summed E-state index contributed by atoms with van der Waals surface area (Å²) >= 11 is 0. The van der Waals surface area contributed by atoms with Crippen LogP contribution in [0.4, 0.5) is 0 Å². The Labute approximate surface area is 485 Å². The Morgan fingerprint density at radius 3 is 0.798 bits per heavy atom. The van der Waals surface area contributed by atoms with Crippen molar-refractivity contribution in [2.24, 2.45) is 0 Å². The fourth-order valence-electron chi connectivity index (χ4n) is 11.2. The van der Waals surface area contributed by atoms with E-state index in [9.17, 15) is 0 Å². The van der Waals surface area contributed by atoms with Crippen molar-refractivity contribution in [2.75, 3.05) is 0 Å². The molecule has 0 amide bonds. The second kappa shape index (κ2) is 21.6. The number of aromatic nitrogens is 7. The van der Waals surface area contributed by atoms with Gasteiger partial charge >= 0.3 is 0 Å². The van der Waals surface area contributed by atoms with E-state index in [4.69, 9.17) is 29.9 Å². The molecule has 7 nitrogen and oxygen atoms in total. The Morgan fingerprint density at radius 1 is 0.167 bits per heavy atom. The number of pyridine rings is 1. The minimum Gasteiger partial charge on any atom is -0.256 e. The molecule has 13 aromatic carbocycles. The summed E-state index contributed by atoms with van der Waals surface area (Å²) in [6, 6.07) is 101. The SMILES string of the molecule is c1ccc2cc(-c3ccc(-c4nc(-c5ccc6ccccc6c5)nc(-c5ccc6ccccc6c5)n4)cc3)ccc2c1.c1ccc2cc(-c3nc(-c4ccc(-c5cccc6cccnc56)cc4)nc(-c4ccc5ccccc5c4)n3)ccc2c1. The van der Waals surface area contributed by atoms with Gasteiger partial charge in [0.05, 0.1) is 5.52 Å². The van der Waals surface area contributed by atoms with Crippen LogP contribution in [0.3, 0.4) is 0 Å². The summed E-state index contributed by atoms with van der Waals surface area (Å²) in [6.07, 6.45) is 1.84. The number of nitrogens with zero attached hydrogens (tertiary/aromatic N) is 7. The molecule has 7 heteroatoms. The molecule has 0 fully saturated rings. The van der Waals surface area contributed by atoms with Crippen molar-refractivity contribution >= 4 is 64.8 Å². The van der Waals surface area contributed by atoms with Gasteiger partial charge in [0.25, 0.3) is 0 Å². The lowest BCUT2D eigenvalue weighted by Crippen LogP contribution is -2.00. The van der Waals surface area contributed by atoms with E-state index < -0.39 is 0 Å². The van der Waals surface area contributed by atoms with Crippen LogP contribution >= 0.6 is 0 Å². The third-order valence-electron chi connectivity index (χ3n) is 15.6. The Kier molecular flexibility index (Phi) is 12.7. The van der Waals surface area contributed by atoms with E-state index in [0.717, 1.165) is 82.5 Å². The number of hydrogen-bond donors (Lipinski definition) is 0. The van der Waals surface area contributed by atoms with Crippen molar-refractivity contribution < 1.29 is 0 Å². The Hall–Kier alpha value is -11.4. The minimum atomic E-state index is 0.638. The molecule has 16 rings (SSSR count). The summed E-state index contributed by atoms with van der Waals surface area (Å²) in [5.74, 6) is 3.91. The van der Waals surface area contributed by atoms with E-state index >= 15 is 0 Å². The molecular formula is C77H49N7. The molecule has 0 spiro atoms. The monoisotopic (exact) mass is 1070 g/mol. The molecule has 84 heavy (non-hydrogen) atoms. The highest BCUT2D eigenvalue weighted by Crippen LogP contribution is 2.34. The number of para-hydroxylation sites is 1. The van der Waals surface area contributed by atoms with Crippen LogP contribution in [0.25, 0.3) is 155 Å². The lowest BCUT2D eigenvalue weighted by atomic mass is 10.00. The van der Waals surface area contributed by atoms with Crippen LogP contribution in [0.5, 0.6) is 0 Å². The van der Waals surface area contributed by atoms with Gasteiger partial charge in [-0.25, -0.2) is 29.9 Å². The lowest BCUT2D eigenvalue weighted by molar-refractivity contribution is 1.07. The van der Waals surface area contributed by atoms with E-state index in [2.05, 4.69) is 290 Å². The maximum Gasteiger partial charge on any atom is 0.164 e. The van der Waals surface area contributed by atoms with Crippen molar-refractivity contribution in [1.29, 1.82) is 0 Å². The molecule has 0 saturated heterocycles. The zero-order chi connectivity index (χ0) is 55.8. The fraction of sp³-hybridized carbons (Fsp3) is 0. The summed E-state index contributed by atoms with van der Waals surface area (Å²) in [4.78, 5) is 34.6. The van der Waals surface area contributed by atoms with Gasteiger partial charge in [0.2, 0.25) is 0 Å². The van der Waals surface area contributed by atoms with Crippen LogP contribution in [0.1, 0.15) is 0 Å². The van der Waals surface area contributed by atoms with Gasteiger partial charge in [0, 0.05) is 50.5 Å². The van der Waals surface area contributed by atoms with Gasteiger partial charge in [-0.2, -0.15) is 0 Å². The largest absolute Gasteiger partial charge is 0.256 e. The molecule has 0 saturated carbocycles. The first-order chi connectivity index (χ1) is 41.5. The Morgan fingerprint density at radius 2 is 0.429 bits per heavy atom. The van der Waals surface area contributed by atoms with Crippen LogP contribution < -0.4 is 0 Å². The van der Waals surface area contributed by atoms with Gasteiger partial charge in [0.1, 0.15) is 0 Å². The van der Waals surface area contributed by atoms with Gasteiger partial charge in [-0.1, -0.05) is 255 Å². The Bertz CT molecular complexity index is 4950. The molecule has 0 aliphatic rings. The van der Waals surface area contributed by atoms with Crippen molar-refractivity contribution in [3.05, 3.63) is 297 Å². The summed E-state index contributed by atoms with van der Waals surface area (Å²) in [5, 5.41) is 13.0. The maximum absolute atomic E-state index is 4.99. The van der Waals surface area contributed by atoms with Crippen LogP contribution in [0, 0.1) is 0 Å². The van der Waals surface area contributed by atoms with E-state index in [1.807, 2.05) is 12.3 Å². The molecule has 3 aromatic heterocycles. The normalized spacial score (nSPS) is 11.3. The van der Waals surface area contributed by atoms with Crippen LogP contribution in [-0.2, 0) is 0 Å². The zero-order valence-corrected chi connectivity index (χ0v) is 45.4. The van der Waals surface area contributed by atoms with Gasteiger partial charge in [-0.05, 0) is 107 Å². The molecule has 0 bridgehead atoms. The Balaban J connectivity index is 0.000000143. The average molecular weight is 1070 g/mol. The van der Waals surface area contributed by atoms with Crippen molar-refractivity contribution in [3.63, 3.8) is 0 Å². The molecule has 0 aliphatic carbocycles. The molecule has 0 unspecified atom stereocenters. The summed E-state index contributed by atoms with van der Waals surface area (Å²) in [5.41, 5.74) is 11.3. The second-order valence-electron chi connectivity index (χ2n) is 21.0. The van der Waals surface area contributed by atoms with Crippen LogP contribution in [0.2, 0.25) is 0 Å². The first kappa shape index (κ1) is 49.6. The highest BCUT2D eigenvalue weighted by atomic mass is 15.0. The van der Waals surface area contributed by atoms with Crippen molar-refractivity contribution in [3.8, 4) is 90.6 Å². The summed E-state index contributed by atoms with van der Waals surface area (Å²) in [6.45, 7) is 0. The molecule has 392 valence electrons. The fourth-order valence-corrected chi connectivity index (χ4v) is 11.2. The van der Waals surface area contributed by atoms with Gasteiger partial charge in [-0.15, -0.1) is 0 Å². The lowest BCUT2D eigenvalue weighted by Gasteiger charge is -2.11. The predicted molar refractivity (Wildman–Crippen MR) is 346 cm³/mol. The molecular weight excluding hydrogens is 1020 g/mol. The first-order valence-corrected chi connectivity index (χ1v) is 28.1. The molecule has 0 radical (unpaired) electrons. The summed E-state index contributed by atoms with van der Waals surface area (Å²) in [7, 11) is 0. The van der Waals surface area contributed by atoms with E-state index in [0.29, 0.717) is 34.9 Å². The number of benzene rings is 13. The number of rotatable bonds is 8. The highest BCUT2D eigenvalue weighted by Gasteiger charge is 2.17. The molecule has 3 heterocycles. The van der Waals surface area contributed by atoms with Gasteiger partial charge in [-0.3, -0.25) is 4.98 Å². The van der Waals surface area contributed by atoms with E-state index in [1.165, 1.54) is 37.9 Å². The smallest absolute Gasteiger partial charge is 0.164 e. The van der Waals surface area contributed by atoms with Crippen molar-refractivity contribution in [2.45, 2.75) is 0 Å². The standard InChI is InChI=1S/C39H25N3.C38H24N4/c1-4-10-31-23-34(20-15-26(31)7-1)29-13-18-30(19-14-29)37-40-38(35-21-16-27-8-2-5-11-32(27)24-35)42-39(41-37)36-22-17-28-9-3-6-12-33(28)25-36;1-3-9-30-23-32(20-14-25(30)7-1)37-40-36(41-38(42-37)33-21-15-26-8-2-4-10-31(26)24-33)29-18-16-27(17-19-29)34-13-5-11-28-12-6-22-39-35(28)34/h1-25H;1-24H. The summed E-state index contributed by atoms with van der Waals surface area (Å²) < 4.78 is 0. The topological polar surface area (TPSA) is 90.2 Å². The third kappa shape index (κ3) is 9.92. The van der Waals surface area contributed by atoms with Gasteiger partial charge < -0.3 is 0 Å². The first-order valence-electron chi connectivity index (χ1n) is 28.1. The third-order valence-corrected chi connectivity index (χ3v) is 15.6. The van der Waals surface area contributed by atoms with Crippen LogP contribution in [-0.4, -0.2) is 34.9 Å². The molecule has 0 N–H and O–H groups in total. The van der Waals surface area contributed by atoms with Crippen LogP contribution in [0.15, 0.2) is 297 Å².